The van der Waals surface area contributed by atoms with Gasteiger partial charge < -0.3 is 0 Å². The van der Waals surface area contributed by atoms with Crippen molar-refractivity contribution in [2.45, 2.75) is 50.7 Å². The number of carbonyl (C=O) groups is 1. The van der Waals surface area contributed by atoms with Crippen LogP contribution in [0.5, 0.6) is 0 Å². The van der Waals surface area contributed by atoms with Crippen molar-refractivity contribution in [3.63, 3.8) is 0 Å². The number of nitrogens with zero attached hydrogens (tertiary/aromatic N) is 3. The lowest BCUT2D eigenvalue weighted by Crippen LogP contribution is -2.47. The van der Waals surface area contributed by atoms with Gasteiger partial charge >= 0.3 is 0 Å². The zero-order valence-electron chi connectivity index (χ0n) is 20.1. The molecule has 8 heteroatoms. The van der Waals surface area contributed by atoms with Gasteiger partial charge in [0.15, 0.2) is 15.7 Å². The van der Waals surface area contributed by atoms with E-state index in [0.29, 0.717) is 53.4 Å². The van der Waals surface area contributed by atoms with Crippen LogP contribution in [-0.2, 0) is 32.2 Å². The number of hydrogen-bond donors (Lipinski definition) is 0. The summed E-state index contributed by atoms with van der Waals surface area (Å²) in [6.45, 7) is 4.18. The molecule has 0 amide bonds. The predicted molar refractivity (Wildman–Crippen MR) is 132 cm³/mol. The van der Waals surface area contributed by atoms with E-state index in [1.807, 2.05) is 6.92 Å². The Kier molecular flexibility index (Phi) is 5.82. The minimum atomic E-state index is -3.27. The molecule has 1 saturated carbocycles. The summed E-state index contributed by atoms with van der Waals surface area (Å²) < 4.78 is 38.7. The highest BCUT2D eigenvalue weighted by atomic mass is 32.2. The minimum absolute atomic E-state index is 0.0560. The first-order chi connectivity index (χ1) is 16.6. The number of hydrogen-bond acceptors (Lipinski definition) is 6. The van der Waals surface area contributed by atoms with E-state index in [2.05, 4.69) is 11.9 Å². The minimum Gasteiger partial charge on any atom is -0.299 e. The molecule has 0 bridgehead atoms. The molecule has 3 aromatic rings. The number of halogens is 1. The number of carbonyl (C=O) groups excluding carboxylic acids is 1. The molecule has 0 unspecified atom stereocenters. The number of ketones is 1. The topological polar surface area (TPSA) is 89.9 Å². The number of rotatable bonds is 4. The Balaban J connectivity index is 1.73. The summed E-state index contributed by atoms with van der Waals surface area (Å²) in [5.74, 6) is 0.256. The fourth-order valence-corrected chi connectivity index (χ4v) is 6.59. The highest BCUT2D eigenvalue weighted by molar-refractivity contribution is 7.89. The number of benzene rings is 1. The van der Waals surface area contributed by atoms with Gasteiger partial charge in [-0.15, -0.1) is 0 Å². The molecule has 1 aromatic carbocycles. The second-order valence-corrected chi connectivity index (χ2v) is 12.3. The number of Topliss-reactive ketones (excluding diaryl/α,β-unsaturated/α-hetero) is 1. The van der Waals surface area contributed by atoms with Crippen LogP contribution in [0.2, 0.25) is 0 Å². The largest absolute Gasteiger partial charge is 0.299 e. The zero-order chi connectivity index (χ0) is 25.0. The molecule has 2 heterocycles. The molecule has 2 aromatic heterocycles. The molecule has 0 aliphatic heterocycles. The molecular formula is C27H28FN3O3S. The predicted octanol–water partition coefficient (Wildman–Crippen LogP) is 4.71. The number of fused-ring (bicyclic) bond motifs is 3. The van der Waals surface area contributed by atoms with Gasteiger partial charge in [-0.25, -0.2) is 22.8 Å². The summed E-state index contributed by atoms with van der Waals surface area (Å²) in [6, 6.07) is 10.0. The molecule has 0 radical (unpaired) electrons. The van der Waals surface area contributed by atoms with Crippen molar-refractivity contribution < 1.29 is 17.6 Å². The number of pyridine rings is 1. The zero-order valence-corrected chi connectivity index (χ0v) is 20.9. The first-order valence-corrected chi connectivity index (χ1v) is 13.9. The van der Waals surface area contributed by atoms with Gasteiger partial charge in [-0.05, 0) is 49.4 Å². The highest BCUT2D eigenvalue weighted by Gasteiger charge is 2.49. The van der Waals surface area contributed by atoms with E-state index < -0.39 is 9.84 Å². The summed E-state index contributed by atoms with van der Waals surface area (Å²) in [7, 11) is -3.27. The maximum Gasteiger partial charge on any atom is 0.160 e. The van der Waals surface area contributed by atoms with E-state index >= 15 is 0 Å². The Morgan fingerprint density at radius 1 is 1.14 bits per heavy atom. The Labute approximate surface area is 205 Å². The summed E-state index contributed by atoms with van der Waals surface area (Å²) in [5.41, 5.74) is 3.49. The Hall–Kier alpha value is -3.00. The Morgan fingerprint density at radius 2 is 1.91 bits per heavy atom. The van der Waals surface area contributed by atoms with Crippen LogP contribution in [0, 0.1) is 17.7 Å². The quantitative estimate of drug-likeness (QED) is 0.523. The summed E-state index contributed by atoms with van der Waals surface area (Å²) in [4.78, 5) is 26.6. The second-order valence-electron chi connectivity index (χ2n) is 10.1. The van der Waals surface area contributed by atoms with Crippen LogP contribution in [0.25, 0.3) is 22.6 Å². The monoisotopic (exact) mass is 493 g/mol. The van der Waals surface area contributed by atoms with Crippen molar-refractivity contribution in [3.05, 3.63) is 65.4 Å². The Bertz CT molecular complexity index is 1440. The van der Waals surface area contributed by atoms with E-state index in [-0.39, 0.29) is 28.8 Å². The molecule has 3 atom stereocenters. The van der Waals surface area contributed by atoms with Crippen LogP contribution in [0.15, 0.2) is 42.6 Å². The summed E-state index contributed by atoms with van der Waals surface area (Å²) >= 11 is 0. The number of aromatic nitrogens is 3. The van der Waals surface area contributed by atoms with Gasteiger partial charge in [-0.2, -0.15) is 0 Å². The van der Waals surface area contributed by atoms with Crippen molar-refractivity contribution in [2.75, 3.05) is 6.26 Å². The van der Waals surface area contributed by atoms with Gasteiger partial charge in [0.1, 0.15) is 11.6 Å². The average Bonchev–Trinajstić information content (AvgIpc) is 2.81. The van der Waals surface area contributed by atoms with Gasteiger partial charge in [0.25, 0.3) is 0 Å². The third kappa shape index (κ3) is 4.29. The fraction of sp³-hybridized carbons (Fsp3) is 0.407. The van der Waals surface area contributed by atoms with E-state index in [0.717, 1.165) is 17.7 Å². The van der Waals surface area contributed by atoms with Crippen molar-refractivity contribution in [3.8, 4) is 22.6 Å². The SMILES string of the molecule is C[C@H]1C(=O)CC[C@@]2(C)c3nc(-c4ccnc(CS(C)(=O)=O)c4)nc(-c4ccccc4F)c3CC[C@H]12. The maximum atomic E-state index is 15.0. The van der Waals surface area contributed by atoms with Crippen LogP contribution in [0.1, 0.15) is 50.1 Å². The number of sulfone groups is 1. The van der Waals surface area contributed by atoms with Gasteiger partial charge in [-0.1, -0.05) is 26.0 Å². The average molecular weight is 494 g/mol. The van der Waals surface area contributed by atoms with Gasteiger partial charge in [-0.3, -0.25) is 9.78 Å². The molecule has 0 saturated heterocycles. The lowest BCUT2D eigenvalue weighted by molar-refractivity contribution is -0.128. The van der Waals surface area contributed by atoms with Crippen LogP contribution >= 0.6 is 0 Å². The smallest absolute Gasteiger partial charge is 0.160 e. The van der Waals surface area contributed by atoms with E-state index in [9.17, 15) is 17.6 Å². The first-order valence-electron chi connectivity index (χ1n) is 11.9. The molecule has 182 valence electrons. The molecule has 2 aliphatic rings. The van der Waals surface area contributed by atoms with Gasteiger partial charge in [0.2, 0.25) is 0 Å². The van der Waals surface area contributed by atoms with Crippen LogP contribution in [-0.4, -0.2) is 35.4 Å². The van der Waals surface area contributed by atoms with Crippen LogP contribution in [0.3, 0.4) is 0 Å². The Morgan fingerprint density at radius 3 is 2.66 bits per heavy atom. The van der Waals surface area contributed by atoms with E-state index in [4.69, 9.17) is 9.97 Å². The fourth-order valence-electron chi connectivity index (χ4n) is 5.90. The first kappa shape index (κ1) is 23.7. The van der Waals surface area contributed by atoms with Crippen molar-refractivity contribution in [2.24, 2.45) is 11.8 Å². The summed E-state index contributed by atoms with van der Waals surface area (Å²) in [5, 5.41) is 0. The van der Waals surface area contributed by atoms with Crippen molar-refractivity contribution >= 4 is 15.6 Å². The third-order valence-electron chi connectivity index (χ3n) is 7.69. The lowest BCUT2D eigenvalue weighted by atomic mass is 9.56. The van der Waals surface area contributed by atoms with Crippen molar-refractivity contribution in [1.29, 1.82) is 0 Å². The lowest BCUT2D eigenvalue weighted by Gasteiger charge is -2.48. The molecule has 35 heavy (non-hydrogen) atoms. The molecule has 2 aliphatic carbocycles. The van der Waals surface area contributed by atoms with Crippen molar-refractivity contribution in [1.82, 2.24) is 15.0 Å². The highest BCUT2D eigenvalue weighted by Crippen LogP contribution is 2.52. The van der Waals surface area contributed by atoms with Gasteiger partial charge in [0, 0.05) is 46.9 Å². The second kappa shape index (κ2) is 8.59. The maximum absolute atomic E-state index is 15.0. The van der Waals surface area contributed by atoms with Crippen LogP contribution in [0.4, 0.5) is 4.39 Å². The molecule has 0 N–H and O–H groups in total. The van der Waals surface area contributed by atoms with E-state index in [1.165, 1.54) is 12.3 Å². The molecule has 5 rings (SSSR count). The normalized spacial score (nSPS) is 24.1. The van der Waals surface area contributed by atoms with E-state index in [1.54, 1.807) is 36.5 Å². The van der Waals surface area contributed by atoms with Crippen LogP contribution < -0.4 is 0 Å². The standard InChI is InChI=1S/C27H28FN3O3S/c1-16-21-9-8-20-24(19-6-4-5-7-22(19)28)30-26(31-25(20)27(21,2)12-10-23(16)32)17-11-13-29-18(14-17)15-35(3,33)34/h4-7,11,13-14,16,21H,8-10,12,15H2,1-3H3/t16-,21-,27-/m1/s1. The molecular weight excluding hydrogens is 465 g/mol. The molecule has 0 spiro atoms. The third-order valence-corrected chi connectivity index (χ3v) is 8.51. The molecule has 6 nitrogen and oxygen atoms in total. The summed E-state index contributed by atoms with van der Waals surface area (Å²) in [6.07, 6.45) is 5.40. The molecule has 1 fully saturated rings. The van der Waals surface area contributed by atoms with Gasteiger partial charge in [0.05, 0.1) is 22.8 Å².